The van der Waals surface area contributed by atoms with E-state index in [-0.39, 0.29) is 11.8 Å². The molecule has 0 aliphatic carbocycles. The van der Waals surface area contributed by atoms with Gasteiger partial charge in [-0.2, -0.15) is 0 Å². The minimum absolute atomic E-state index is 0.0231. The molecule has 2 amide bonds. The van der Waals surface area contributed by atoms with E-state index in [2.05, 4.69) is 5.32 Å². The lowest BCUT2D eigenvalue weighted by Gasteiger charge is -2.44. The molecule has 1 saturated heterocycles. The average molecular weight is 352 g/mol. The van der Waals surface area contributed by atoms with Gasteiger partial charge in [0.15, 0.2) is 5.72 Å². The summed E-state index contributed by atoms with van der Waals surface area (Å²) in [5, 5.41) is 2.99. The van der Waals surface area contributed by atoms with E-state index in [1.54, 1.807) is 42.3 Å². The van der Waals surface area contributed by atoms with Crippen molar-refractivity contribution in [2.24, 2.45) is 0 Å². The number of nitrogens with one attached hydrogen (secondary N) is 1. The Labute approximate surface area is 151 Å². The van der Waals surface area contributed by atoms with Crippen molar-refractivity contribution in [3.8, 4) is 11.5 Å². The summed E-state index contributed by atoms with van der Waals surface area (Å²) < 4.78 is 11.2. The van der Waals surface area contributed by atoms with Crippen molar-refractivity contribution >= 4 is 11.8 Å². The van der Waals surface area contributed by atoms with Gasteiger partial charge in [-0.1, -0.05) is 12.1 Å². The van der Waals surface area contributed by atoms with Gasteiger partial charge in [0.1, 0.15) is 11.5 Å². The zero-order valence-electron chi connectivity index (χ0n) is 14.5. The average Bonchev–Trinajstić information content (AvgIpc) is 2.68. The van der Waals surface area contributed by atoms with E-state index in [0.717, 1.165) is 5.75 Å². The van der Waals surface area contributed by atoms with Crippen molar-refractivity contribution in [2.45, 2.75) is 18.6 Å². The molecule has 2 aliphatic rings. The van der Waals surface area contributed by atoms with Crippen LogP contribution in [0.25, 0.3) is 0 Å². The minimum atomic E-state index is -0.734. The fourth-order valence-electron chi connectivity index (χ4n) is 3.47. The lowest BCUT2D eigenvalue weighted by Crippen LogP contribution is -2.61. The third-order valence-corrected chi connectivity index (χ3v) is 4.97. The molecular weight excluding hydrogens is 332 g/mol. The van der Waals surface area contributed by atoms with Crippen LogP contribution in [0.15, 0.2) is 48.5 Å². The molecule has 0 saturated carbocycles. The summed E-state index contributed by atoms with van der Waals surface area (Å²) in [4.78, 5) is 26.9. The predicted octanol–water partition coefficient (Wildman–Crippen LogP) is 2.45. The molecule has 0 unspecified atom stereocenters. The fourth-order valence-corrected chi connectivity index (χ4v) is 3.47. The quantitative estimate of drug-likeness (QED) is 0.901. The number of carbonyl (C=O) groups is 2. The standard InChI is InChI=1S/C20H20N2O4/c1-25-15-8-6-14(7-9-15)19(24)22-12-10-20(11-13-22)21-18(23)16-4-2-3-5-17(16)26-20/h2-9H,10-13H2,1H3,(H,21,23). The maximum Gasteiger partial charge on any atom is 0.258 e. The van der Waals surface area contributed by atoms with Crippen LogP contribution in [0, 0.1) is 0 Å². The SMILES string of the molecule is COc1ccc(C(=O)N2CCC3(CC2)NC(=O)c2ccccc2O3)cc1. The summed E-state index contributed by atoms with van der Waals surface area (Å²) in [6.45, 7) is 1.04. The number of para-hydroxylation sites is 1. The first-order valence-electron chi connectivity index (χ1n) is 8.64. The molecule has 0 aromatic heterocycles. The van der Waals surface area contributed by atoms with Crippen LogP contribution < -0.4 is 14.8 Å². The van der Waals surface area contributed by atoms with Gasteiger partial charge >= 0.3 is 0 Å². The van der Waals surface area contributed by atoms with Gasteiger partial charge in [0.05, 0.1) is 12.7 Å². The van der Waals surface area contributed by atoms with Gasteiger partial charge in [-0.05, 0) is 36.4 Å². The van der Waals surface area contributed by atoms with Crippen molar-refractivity contribution in [1.29, 1.82) is 0 Å². The van der Waals surface area contributed by atoms with Crippen molar-refractivity contribution in [3.63, 3.8) is 0 Å². The highest BCUT2D eigenvalue weighted by atomic mass is 16.5. The minimum Gasteiger partial charge on any atom is -0.497 e. The number of benzene rings is 2. The molecule has 26 heavy (non-hydrogen) atoms. The lowest BCUT2D eigenvalue weighted by molar-refractivity contribution is -0.0245. The van der Waals surface area contributed by atoms with Crippen molar-refractivity contribution in [3.05, 3.63) is 59.7 Å². The second-order valence-electron chi connectivity index (χ2n) is 6.57. The van der Waals surface area contributed by atoms with Crippen LogP contribution in [0.3, 0.4) is 0 Å². The Morgan fingerprint density at radius 3 is 2.50 bits per heavy atom. The molecular formula is C20H20N2O4. The summed E-state index contributed by atoms with van der Waals surface area (Å²) in [6.07, 6.45) is 1.10. The fraction of sp³-hybridized carbons (Fsp3) is 0.300. The molecule has 134 valence electrons. The molecule has 1 N–H and O–H groups in total. The zero-order valence-corrected chi connectivity index (χ0v) is 14.5. The molecule has 2 aromatic carbocycles. The van der Waals surface area contributed by atoms with Crippen LogP contribution in [-0.4, -0.2) is 42.6 Å². The first-order chi connectivity index (χ1) is 12.6. The Kier molecular flexibility index (Phi) is 4.03. The van der Waals surface area contributed by atoms with Crippen LogP contribution >= 0.6 is 0 Å². The maximum absolute atomic E-state index is 12.7. The van der Waals surface area contributed by atoms with Crippen LogP contribution in [0.2, 0.25) is 0 Å². The molecule has 1 spiro atoms. The highest BCUT2D eigenvalue weighted by Crippen LogP contribution is 2.33. The van der Waals surface area contributed by atoms with E-state index in [0.29, 0.717) is 42.8 Å². The van der Waals surface area contributed by atoms with Crippen LogP contribution in [0.5, 0.6) is 11.5 Å². The largest absolute Gasteiger partial charge is 0.497 e. The van der Waals surface area contributed by atoms with Gasteiger partial charge in [-0.25, -0.2) is 0 Å². The number of fused-ring (bicyclic) bond motifs is 1. The molecule has 2 aromatic rings. The number of rotatable bonds is 2. The Balaban J connectivity index is 1.45. The normalized spacial score (nSPS) is 17.9. The Bertz CT molecular complexity index is 839. The van der Waals surface area contributed by atoms with Gasteiger partial charge < -0.3 is 19.7 Å². The Morgan fingerprint density at radius 1 is 1.12 bits per heavy atom. The number of hydrogen-bond acceptors (Lipinski definition) is 4. The van der Waals surface area contributed by atoms with E-state index in [1.165, 1.54) is 0 Å². The van der Waals surface area contributed by atoms with Crippen LogP contribution in [0.1, 0.15) is 33.6 Å². The second-order valence-corrected chi connectivity index (χ2v) is 6.57. The first-order valence-corrected chi connectivity index (χ1v) is 8.64. The molecule has 0 atom stereocenters. The van der Waals surface area contributed by atoms with Crippen molar-refractivity contribution in [2.75, 3.05) is 20.2 Å². The van der Waals surface area contributed by atoms with E-state index < -0.39 is 5.72 Å². The highest BCUT2D eigenvalue weighted by molar-refractivity contribution is 5.98. The highest BCUT2D eigenvalue weighted by Gasteiger charge is 2.43. The van der Waals surface area contributed by atoms with Crippen molar-refractivity contribution in [1.82, 2.24) is 10.2 Å². The Morgan fingerprint density at radius 2 is 1.81 bits per heavy atom. The molecule has 6 heteroatoms. The molecule has 2 aliphatic heterocycles. The number of carbonyl (C=O) groups excluding carboxylic acids is 2. The molecule has 0 bridgehead atoms. The summed E-state index contributed by atoms with van der Waals surface area (Å²) in [5.74, 6) is 1.18. The van der Waals surface area contributed by atoms with E-state index >= 15 is 0 Å². The lowest BCUT2D eigenvalue weighted by atomic mass is 9.96. The number of likely N-dealkylation sites (tertiary alicyclic amines) is 1. The number of piperidine rings is 1. The molecule has 0 radical (unpaired) electrons. The van der Waals surface area contributed by atoms with Gasteiger partial charge in [-0.3, -0.25) is 9.59 Å². The number of hydrogen-bond donors (Lipinski definition) is 1. The zero-order chi connectivity index (χ0) is 18.1. The van der Waals surface area contributed by atoms with E-state index in [4.69, 9.17) is 9.47 Å². The summed E-state index contributed by atoms with van der Waals surface area (Å²) in [7, 11) is 1.59. The van der Waals surface area contributed by atoms with Crippen LogP contribution in [-0.2, 0) is 0 Å². The smallest absolute Gasteiger partial charge is 0.258 e. The predicted molar refractivity (Wildman–Crippen MR) is 95.4 cm³/mol. The third-order valence-electron chi connectivity index (χ3n) is 4.97. The summed E-state index contributed by atoms with van der Waals surface area (Å²) in [6, 6.07) is 14.3. The summed E-state index contributed by atoms with van der Waals surface area (Å²) in [5.41, 5.74) is 0.442. The number of amides is 2. The number of methoxy groups -OCH3 is 1. The molecule has 4 rings (SSSR count). The Hall–Kier alpha value is -3.02. The number of nitrogens with zero attached hydrogens (tertiary/aromatic N) is 1. The second kappa shape index (κ2) is 6.37. The van der Waals surface area contributed by atoms with E-state index in [1.807, 2.05) is 18.2 Å². The number of ether oxygens (including phenoxy) is 2. The monoisotopic (exact) mass is 352 g/mol. The van der Waals surface area contributed by atoms with Gasteiger partial charge in [0.25, 0.3) is 11.8 Å². The topological polar surface area (TPSA) is 67.9 Å². The first kappa shape index (κ1) is 16.4. The van der Waals surface area contributed by atoms with E-state index in [9.17, 15) is 9.59 Å². The maximum atomic E-state index is 12.7. The van der Waals surface area contributed by atoms with Gasteiger partial charge in [0, 0.05) is 31.5 Å². The van der Waals surface area contributed by atoms with Crippen molar-refractivity contribution < 1.29 is 19.1 Å². The van der Waals surface area contributed by atoms with Gasteiger partial charge in [-0.15, -0.1) is 0 Å². The molecule has 6 nitrogen and oxygen atoms in total. The third kappa shape index (κ3) is 2.87. The molecule has 2 heterocycles. The van der Waals surface area contributed by atoms with Gasteiger partial charge in [0.2, 0.25) is 0 Å². The van der Waals surface area contributed by atoms with Crippen LogP contribution in [0.4, 0.5) is 0 Å². The summed E-state index contributed by atoms with van der Waals surface area (Å²) >= 11 is 0. The molecule has 1 fully saturated rings.